The Bertz CT molecular complexity index is 686. The van der Waals surface area contributed by atoms with Crippen LogP contribution in [-0.2, 0) is 22.8 Å². The van der Waals surface area contributed by atoms with E-state index in [9.17, 15) is 9.90 Å². The average Bonchev–Trinajstić information content (AvgIpc) is 2.60. The molecule has 0 saturated heterocycles. The second-order valence-corrected chi connectivity index (χ2v) is 5.10. The number of hydrogen-bond donors (Lipinski definition) is 1. The maximum Gasteiger partial charge on any atom is 0.279 e. The van der Waals surface area contributed by atoms with Gasteiger partial charge in [-0.05, 0) is 28.8 Å². The van der Waals surface area contributed by atoms with Gasteiger partial charge in [-0.1, -0.05) is 36.4 Å². The van der Waals surface area contributed by atoms with E-state index >= 15 is 0 Å². The van der Waals surface area contributed by atoms with Crippen LogP contribution in [0.25, 0.3) is 0 Å². The second kappa shape index (κ2) is 6.17. The average molecular weight is 299 g/mol. The summed E-state index contributed by atoms with van der Waals surface area (Å²) in [5, 5.41) is 11.5. The molecular formula is C17H17NO4. The number of ether oxygens (including phenoxy) is 1. The van der Waals surface area contributed by atoms with Crippen LogP contribution in [0.2, 0.25) is 0 Å². The molecule has 0 spiro atoms. The van der Waals surface area contributed by atoms with Crippen LogP contribution in [0.3, 0.4) is 0 Å². The molecule has 1 unspecified atom stereocenters. The van der Waals surface area contributed by atoms with Gasteiger partial charge in [0.1, 0.15) is 12.4 Å². The van der Waals surface area contributed by atoms with Gasteiger partial charge in [0.15, 0.2) is 6.10 Å². The molecule has 3 rings (SSSR count). The molecule has 22 heavy (non-hydrogen) atoms. The van der Waals surface area contributed by atoms with E-state index in [1.807, 2.05) is 24.3 Å². The van der Waals surface area contributed by atoms with Gasteiger partial charge in [0.05, 0.1) is 13.7 Å². The van der Waals surface area contributed by atoms with Crippen LogP contribution in [0.15, 0.2) is 48.5 Å². The highest BCUT2D eigenvalue weighted by molar-refractivity contribution is 5.81. The van der Waals surface area contributed by atoms with Crippen LogP contribution >= 0.6 is 0 Å². The molecule has 0 aliphatic carbocycles. The predicted octanol–water partition coefficient (Wildman–Crippen LogP) is 2.20. The minimum Gasteiger partial charge on any atom is -0.497 e. The molecule has 1 amide bonds. The van der Waals surface area contributed by atoms with Crippen molar-refractivity contribution in [3.8, 4) is 5.75 Å². The largest absolute Gasteiger partial charge is 0.497 e. The molecule has 1 heterocycles. The predicted molar refractivity (Wildman–Crippen MR) is 79.7 cm³/mol. The van der Waals surface area contributed by atoms with Crippen molar-refractivity contribution in [1.29, 1.82) is 0 Å². The van der Waals surface area contributed by atoms with E-state index in [0.717, 1.165) is 11.1 Å². The summed E-state index contributed by atoms with van der Waals surface area (Å²) in [6.45, 7) is 0.656. The Hall–Kier alpha value is -2.37. The van der Waals surface area contributed by atoms with Crippen molar-refractivity contribution in [3.63, 3.8) is 0 Å². The van der Waals surface area contributed by atoms with Crippen molar-refractivity contribution in [2.24, 2.45) is 0 Å². The summed E-state index contributed by atoms with van der Waals surface area (Å²) in [4.78, 5) is 17.9. The Morgan fingerprint density at radius 3 is 2.77 bits per heavy atom. The van der Waals surface area contributed by atoms with Gasteiger partial charge in [0, 0.05) is 0 Å². The SMILES string of the molecule is COc1cccc(C(O)C(=O)N2Cc3ccccc3CO2)c1. The summed E-state index contributed by atoms with van der Waals surface area (Å²) in [6.07, 6.45) is -1.28. The summed E-state index contributed by atoms with van der Waals surface area (Å²) in [7, 11) is 1.54. The molecule has 5 heteroatoms. The number of amides is 1. The number of benzene rings is 2. The standard InChI is InChI=1S/C17H17NO4/c1-21-15-8-4-7-12(9-15)16(19)17(20)18-10-13-5-2-3-6-14(13)11-22-18/h2-9,16,19H,10-11H2,1H3. The molecule has 114 valence electrons. The molecule has 0 radical (unpaired) electrons. The Kier molecular flexibility index (Phi) is 4.09. The van der Waals surface area contributed by atoms with Gasteiger partial charge in [0.2, 0.25) is 0 Å². The molecule has 1 N–H and O–H groups in total. The van der Waals surface area contributed by atoms with Crippen molar-refractivity contribution in [2.75, 3.05) is 7.11 Å². The minimum absolute atomic E-state index is 0.326. The third-order valence-corrected chi connectivity index (χ3v) is 3.70. The Morgan fingerprint density at radius 2 is 2.00 bits per heavy atom. The fraction of sp³-hybridized carbons (Fsp3) is 0.235. The van der Waals surface area contributed by atoms with Crippen molar-refractivity contribution in [3.05, 3.63) is 65.2 Å². The van der Waals surface area contributed by atoms with Crippen molar-refractivity contribution in [1.82, 2.24) is 5.06 Å². The Balaban J connectivity index is 1.76. The first-order chi connectivity index (χ1) is 10.7. The Labute approximate surface area is 128 Å². The van der Waals surface area contributed by atoms with E-state index < -0.39 is 12.0 Å². The zero-order valence-corrected chi connectivity index (χ0v) is 12.2. The summed E-state index contributed by atoms with van der Waals surface area (Å²) in [5.41, 5.74) is 2.56. The zero-order valence-electron chi connectivity index (χ0n) is 12.2. The number of hydroxylamine groups is 2. The first kappa shape index (κ1) is 14.6. The number of aliphatic hydroxyl groups excluding tert-OH is 1. The lowest BCUT2D eigenvalue weighted by atomic mass is 10.1. The first-order valence-electron chi connectivity index (χ1n) is 7.02. The molecule has 1 atom stereocenters. The van der Waals surface area contributed by atoms with E-state index in [0.29, 0.717) is 24.5 Å². The third-order valence-electron chi connectivity index (χ3n) is 3.70. The molecule has 0 saturated carbocycles. The van der Waals surface area contributed by atoms with Gasteiger partial charge in [-0.2, -0.15) is 0 Å². The fourth-order valence-electron chi connectivity index (χ4n) is 2.43. The van der Waals surface area contributed by atoms with Crippen LogP contribution in [0.1, 0.15) is 22.8 Å². The van der Waals surface area contributed by atoms with E-state index in [2.05, 4.69) is 0 Å². The summed E-state index contributed by atoms with van der Waals surface area (Å²) >= 11 is 0. The third kappa shape index (κ3) is 2.81. The monoisotopic (exact) mass is 299 g/mol. The van der Waals surface area contributed by atoms with Gasteiger partial charge in [-0.15, -0.1) is 0 Å². The van der Waals surface area contributed by atoms with E-state index in [1.54, 1.807) is 24.3 Å². The van der Waals surface area contributed by atoms with Crippen molar-refractivity contribution < 1.29 is 19.5 Å². The van der Waals surface area contributed by atoms with Crippen molar-refractivity contribution >= 4 is 5.91 Å². The molecule has 0 fully saturated rings. The molecule has 1 aliphatic heterocycles. The molecule has 2 aromatic rings. The van der Waals surface area contributed by atoms with Crippen LogP contribution in [0, 0.1) is 0 Å². The van der Waals surface area contributed by atoms with E-state index in [1.165, 1.54) is 12.2 Å². The second-order valence-electron chi connectivity index (χ2n) is 5.10. The summed E-state index contributed by atoms with van der Waals surface area (Å²) in [6, 6.07) is 14.6. The number of aliphatic hydroxyl groups is 1. The van der Waals surface area contributed by atoms with Gasteiger partial charge in [0.25, 0.3) is 5.91 Å². The molecular weight excluding hydrogens is 282 g/mol. The van der Waals surface area contributed by atoms with Crippen LogP contribution in [0.5, 0.6) is 5.75 Å². The van der Waals surface area contributed by atoms with Crippen LogP contribution in [-0.4, -0.2) is 23.2 Å². The lowest BCUT2D eigenvalue weighted by Gasteiger charge is -2.29. The number of nitrogens with zero attached hydrogens (tertiary/aromatic N) is 1. The number of carbonyl (C=O) groups excluding carboxylic acids is 1. The zero-order chi connectivity index (χ0) is 15.5. The quantitative estimate of drug-likeness (QED) is 0.944. The Morgan fingerprint density at radius 1 is 1.23 bits per heavy atom. The number of rotatable bonds is 3. The highest BCUT2D eigenvalue weighted by Gasteiger charge is 2.28. The summed E-state index contributed by atoms with van der Waals surface area (Å²) < 4.78 is 5.11. The highest BCUT2D eigenvalue weighted by Crippen LogP contribution is 2.25. The highest BCUT2D eigenvalue weighted by atomic mass is 16.7. The topological polar surface area (TPSA) is 59.0 Å². The lowest BCUT2D eigenvalue weighted by molar-refractivity contribution is -0.209. The normalized spacial score (nSPS) is 15.1. The van der Waals surface area contributed by atoms with Gasteiger partial charge in [-0.3, -0.25) is 9.63 Å². The number of fused-ring (bicyclic) bond motifs is 1. The molecule has 0 bridgehead atoms. The molecule has 2 aromatic carbocycles. The van der Waals surface area contributed by atoms with Gasteiger partial charge < -0.3 is 9.84 Å². The maximum atomic E-state index is 12.4. The van der Waals surface area contributed by atoms with Crippen molar-refractivity contribution in [2.45, 2.75) is 19.3 Å². The smallest absolute Gasteiger partial charge is 0.279 e. The van der Waals surface area contributed by atoms with E-state index in [-0.39, 0.29) is 0 Å². The number of methoxy groups -OCH3 is 1. The lowest BCUT2D eigenvalue weighted by Crippen LogP contribution is -2.37. The molecule has 0 aromatic heterocycles. The minimum atomic E-state index is -1.28. The van der Waals surface area contributed by atoms with E-state index in [4.69, 9.17) is 9.57 Å². The maximum absolute atomic E-state index is 12.4. The van der Waals surface area contributed by atoms with Crippen LogP contribution in [0.4, 0.5) is 0 Å². The molecule has 1 aliphatic rings. The number of hydrogen-bond acceptors (Lipinski definition) is 4. The molecule has 5 nitrogen and oxygen atoms in total. The van der Waals surface area contributed by atoms with Crippen LogP contribution < -0.4 is 4.74 Å². The van der Waals surface area contributed by atoms with Gasteiger partial charge >= 0.3 is 0 Å². The van der Waals surface area contributed by atoms with Gasteiger partial charge in [-0.25, -0.2) is 5.06 Å². The first-order valence-corrected chi connectivity index (χ1v) is 7.02. The fourth-order valence-corrected chi connectivity index (χ4v) is 2.43. The summed E-state index contributed by atoms with van der Waals surface area (Å²) in [5.74, 6) is 0.108. The number of carbonyl (C=O) groups is 1.